The lowest BCUT2D eigenvalue weighted by Crippen LogP contribution is -2.39. The minimum absolute atomic E-state index is 0.0605. The van der Waals surface area contributed by atoms with Crippen LogP contribution in [0.5, 0.6) is 0 Å². The van der Waals surface area contributed by atoms with Crippen LogP contribution in [0, 0.1) is 0 Å². The van der Waals surface area contributed by atoms with E-state index in [4.69, 9.17) is 11.6 Å². The molecule has 1 aromatic rings. The van der Waals surface area contributed by atoms with E-state index in [1.54, 1.807) is 12.1 Å². The Kier molecular flexibility index (Phi) is 4.86. The third-order valence-electron chi connectivity index (χ3n) is 3.89. The molecule has 1 aliphatic heterocycles. The van der Waals surface area contributed by atoms with Crippen molar-refractivity contribution in [2.45, 2.75) is 52.1 Å². The third-order valence-corrected chi connectivity index (χ3v) is 4.08. The van der Waals surface area contributed by atoms with Crippen LogP contribution < -0.4 is 5.32 Å². The molecule has 4 nitrogen and oxygen atoms in total. The average Bonchev–Trinajstić information content (AvgIpc) is 2.78. The summed E-state index contributed by atoms with van der Waals surface area (Å²) in [5, 5.41) is 3.46. The summed E-state index contributed by atoms with van der Waals surface area (Å²) >= 11 is 6.02. The van der Waals surface area contributed by atoms with E-state index in [0.717, 1.165) is 25.8 Å². The van der Waals surface area contributed by atoms with Gasteiger partial charge in [-0.05, 0) is 45.2 Å². The number of nitrogens with zero attached hydrogens (tertiary/aromatic N) is 2. The Morgan fingerprint density at radius 1 is 1.45 bits per heavy atom. The molecular formula is C15H22ClN3O. The third kappa shape index (κ3) is 3.06. The van der Waals surface area contributed by atoms with Crippen molar-refractivity contribution in [2.75, 3.05) is 11.9 Å². The fourth-order valence-electron chi connectivity index (χ4n) is 2.88. The molecule has 0 bridgehead atoms. The standard InChI is InChI=1S/C15H22ClN3O/c1-4-12-7-6-10(3)19(12)15(20)11-8-13(16)18-14(9-11)17-5-2/h8-10,12H,4-7H2,1-3H3,(H,17,18). The van der Waals surface area contributed by atoms with Gasteiger partial charge >= 0.3 is 0 Å². The molecule has 1 N–H and O–H groups in total. The lowest BCUT2D eigenvalue weighted by Gasteiger charge is -2.28. The van der Waals surface area contributed by atoms with Gasteiger partial charge in [-0.1, -0.05) is 18.5 Å². The van der Waals surface area contributed by atoms with Gasteiger partial charge in [-0.2, -0.15) is 0 Å². The molecule has 2 atom stereocenters. The van der Waals surface area contributed by atoms with Crippen molar-refractivity contribution >= 4 is 23.3 Å². The highest BCUT2D eigenvalue weighted by atomic mass is 35.5. The van der Waals surface area contributed by atoms with Gasteiger partial charge in [0.05, 0.1) is 0 Å². The topological polar surface area (TPSA) is 45.2 Å². The lowest BCUT2D eigenvalue weighted by molar-refractivity contribution is 0.0676. The van der Waals surface area contributed by atoms with Crippen LogP contribution >= 0.6 is 11.6 Å². The number of halogens is 1. The number of carbonyl (C=O) groups is 1. The Bertz CT molecular complexity index is 492. The van der Waals surface area contributed by atoms with Gasteiger partial charge in [0.15, 0.2) is 0 Å². The minimum Gasteiger partial charge on any atom is -0.370 e. The number of hydrogen-bond donors (Lipinski definition) is 1. The summed E-state index contributed by atoms with van der Waals surface area (Å²) < 4.78 is 0. The highest BCUT2D eigenvalue weighted by Crippen LogP contribution is 2.28. The van der Waals surface area contributed by atoms with Gasteiger partial charge < -0.3 is 10.2 Å². The monoisotopic (exact) mass is 295 g/mol. The first-order valence-corrected chi connectivity index (χ1v) is 7.68. The first-order valence-electron chi connectivity index (χ1n) is 7.30. The van der Waals surface area contributed by atoms with Crippen LogP contribution in [0.1, 0.15) is 50.4 Å². The van der Waals surface area contributed by atoms with Crippen molar-refractivity contribution in [2.24, 2.45) is 0 Å². The smallest absolute Gasteiger partial charge is 0.254 e. The van der Waals surface area contributed by atoms with Crippen molar-refractivity contribution in [1.29, 1.82) is 0 Å². The molecule has 0 saturated carbocycles. The molecule has 0 aliphatic carbocycles. The Hall–Kier alpha value is -1.29. The van der Waals surface area contributed by atoms with Crippen LogP contribution in [-0.2, 0) is 0 Å². The molecule has 2 rings (SSSR count). The maximum Gasteiger partial charge on any atom is 0.254 e. The second-order valence-corrected chi connectivity index (χ2v) is 5.68. The van der Waals surface area contributed by atoms with Crippen LogP contribution in [0.2, 0.25) is 5.15 Å². The minimum atomic E-state index is 0.0605. The van der Waals surface area contributed by atoms with Crippen molar-refractivity contribution < 1.29 is 4.79 Å². The van der Waals surface area contributed by atoms with Crippen LogP contribution in [-0.4, -0.2) is 34.4 Å². The normalized spacial score (nSPS) is 22.1. The molecule has 2 heterocycles. The van der Waals surface area contributed by atoms with Crippen molar-refractivity contribution in [3.05, 3.63) is 22.8 Å². The second-order valence-electron chi connectivity index (χ2n) is 5.29. The van der Waals surface area contributed by atoms with Crippen LogP contribution in [0.15, 0.2) is 12.1 Å². The molecule has 1 saturated heterocycles. The summed E-state index contributed by atoms with van der Waals surface area (Å²) in [5.41, 5.74) is 0.619. The van der Waals surface area contributed by atoms with E-state index >= 15 is 0 Å². The summed E-state index contributed by atoms with van der Waals surface area (Å²) in [5.74, 6) is 0.716. The second kappa shape index (κ2) is 6.44. The fourth-order valence-corrected chi connectivity index (χ4v) is 3.09. The first kappa shape index (κ1) is 15.1. The summed E-state index contributed by atoms with van der Waals surface area (Å²) in [6.45, 7) is 6.98. The fraction of sp³-hybridized carbons (Fsp3) is 0.600. The zero-order valence-electron chi connectivity index (χ0n) is 12.3. The maximum atomic E-state index is 12.7. The van der Waals surface area contributed by atoms with Gasteiger partial charge in [0.2, 0.25) is 0 Å². The number of pyridine rings is 1. The number of carbonyl (C=O) groups excluding carboxylic acids is 1. The average molecular weight is 296 g/mol. The predicted octanol–water partition coefficient (Wildman–Crippen LogP) is 3.57. The summed E-state index contributed by atoms with van der Waals surface area (Å²) in [6.07, 6.45) is 3.15. The largest absolute Gasteiger partial charge is 0.370 e. The molecule has 2 unspecified atom stereocenters. The maximum absolute atomic E-state index is 12.7. The SMILES string of the molecule is CCNc1cc(C(=O)N2C(C)CCC2CC)cc(Cl)n1. The summed E-state index contributed by atoms with van der Waals surface area (Å²) in [6, 6.07) is 4.08. The van der Waals surface area contributed by atoms with E-state index in [1.807, 2.05) is 11.8 Å². The Morgan fingerprint density at radius 2 is 2.20 bits per heavy atom. The van der Waals surface area contributed by atoms with E-state index in [9.17, 15) is 4.79 Å². The molecule has 1 aromatic heterocycles. The molecule has 0 spiro atoms. The van der Waals surface area contributed by atoms with Crippen LogP contribution in [0.4, 0.5) is 5.82 Å². The summed E-state index contributed by atoms with van der Waals surface area (Å²) in [7, 11) is 0. The van der Waals surface area contributed by atoms with Gasteiger partial charge in [0.25, 0.3) is 5.91 Å². The number of aromatic nitrogens is 1. The van der Waals surface area contributed by atoms with Crippen molar-refractivity contribution in [3.8, 4) is 0 Å². The molecule has 20 heavy (non-hydrogen) atoms. The van der Waals surface area contributed by atoms with Crippen molar-refractivity contribution in [3.63, 3.8) is 0 Å². The van der Waals surface area contributed by atoms with E-state index in [2.05, 4.69) is 24.1 Å². The number of nitrogens with one attached hydrogen (secondary N) is 1. The van der Waals surface area contributed by atoms with Crippen LogP contribution in [0.3, 0.4) is 0 Å². The Labute approximate surface area is 125 Å². The molecule has 0 aromatic carbocycles. The molecular weight excluding hydrogens is 274 g/mol. The molecule has 1 aliphatic rings. The van der Waals surface area contributed by atoms with Crippen molar-refractivity contribution in [1.82, 2.24) is 9.88 Å². The number of anilines is 1. The molecule has 0 radical (unpaired) electrons. The van der Waals surface area contributed by atoms with Gasteiger partial charge in [-0.15, -0.1) is 0 Å². The summed E-state index contributed by atoms with van der Waals surface area (Å²) in [4.78, 5) is 18.9. The molecule has 5 heteroatoms. The lowest BCUT2D eigenvalue weighted by atomic mass is 10.1. The first-order chi connectivity index (χ1) is 9.56. The number of rotatable bonds is 4. The van der Waals surface area contributed by atoms with Gasteiger partial charge in [0, 0.05) is 24.2 Å². The van der Waals surface area contributed by atoms with Gasteiger partial charge in [-0.25, -0.2) is 4.98 Å². The molecule has 110 valence electrons. The predicted molar refractivity (Wildman–Crippen MR) is 82.4 cm³/mol. The van der Waals surface area contributed by atoms with Crippen LogP contribution in [0.25, 0.3) is 0 Å². The van der Waals surface area contributed by atoms with E-state index in [-0.39, 0.29) is 5.91 Å². The quantitative estimate of drug-likeness (QED) is 0.864. The highest BCUT2D eigenvalue weighted by Gasteiger charge is 2.33. The van der Waals surface area contributed by atoms with Gasteiger partial charge in [0.1, 0.15) is 11.0 Å². The van der Waals surface area contributed by atoms with E-state index in [0.29, 0.717) is 28.6 Å². The Morgan fingerprint density at radius 3 is 2.85 bits per heavy atom. The van der Waals surface area contributed by atoms with E-state index < -0.39 is 0 Å². The molecule has 1 amide bonds. The number of likely N-dealkylation sites (tertiary alicyclic amines) is 1. The van der Waals surface area contributed by atoms with E-state index in [1.165, 1.54) is 0 Å². The zero-order valence-corrected chi connectivity index (χ0v) is 13.1. The molecule has 1 fully saturated rings. The zero-order chi connectivity index (χ0) is 14.7. The Balaban J connectivity index is 2.28. The van der Waals surface area contributed by atoms with Gasteiger partial charge in [-0.3, -0.25) is 4.79 Å². The highest BCUT2D eigenvalue weighted by molar-refractivity contribution is 6.29. The number of amides is 1. The number of hydrogen-bond acceptors (Lipinski definition) is 3.